The van der Waals surface area contributed by atoms with Crippen LogP contribution >= 0.6 is 0 Å². The molecule has 0 amide bonds. The summed E-state index contributed by atoms with van der Waals surface area (Å²) in [6, 6.07) is 10.5. The molecule has 146 valence electrons. The average Bonchev–Trinajstić information content (AvgIpc) is 3.06. The summed E-state index contributed by atoms with van der Waals surface area (Å²) >= 11 is 0. The number of fused-ring (bicyclic) bond motifs is 1. The fourth-order valence-corrected chi connectivity index (χ4v) is 3.40. The highest BCUT2D eigenvalue weighted by Gasteiger charge is 2.26. The molecule has 1 aliphatic rings. The summed E-state index contributed by atoms with van der Waals surface area (Å²) in [5, 5.41) is 7.12. The van der Waals surface area contributed by atoms with E-state index >= 15 is 0 Å². The summed E-state index contributed by atoms with van der Waals surface area (Å²) in [7, 11) is 0. The van der Waals surface area contributed by atoms with Crippen molar-refractivity contribution in [1.82, 2.24) is 19.8 Å². The second-order valence-electron chi connectivity index (χ2n) is 8.45. The number of hydrazine groups is 1. The predicted octanol–water partition coefficient (Wildman–Crippen LogP) is 4.83. The summed E-state index contributed by atoms with van der Waals surface area (Å²) < 4.78 is 15.4. The zero-order valence-corrected chi connectivity index (χ0v) is 16.6. The SMILES string of the molecule is CC(C)(C)CCN1CCn2nc(-c3ccc(F)cc3)c(-c3ccncc3)c2N1. The lowest BCUT2D eigenvalue weighted by Crippen LogP contribution is -2.40. The molecule has 0 bridgehead atoms. The summed E-state index contributed by atoms with van der Waals surface area (Å²) in [5.74, 6) is 0.732. The van der Waals surface area contributed by atoms with Gasteiger partial charge in [-0.3, -0.25) is 4.98 Å². The van der Waals surface area contributed by atoms with E-state index in [9.17, 15) is 4.39 Å². The van der Waals surface area contributed by atoms with Gasteiger partial charge in [-0.05, 0) is 53.8 Å². The van der Waals surface area contributed by atoms with Gasteiger partial charge in [0, 0.05) is 31.0 Å². The molecule has 0 atom stereocenters. The average molecular weight is 379 g/mol. The van der Waals surface area contributed by atoms with Crippen LogP contribution in [0.4, 0.5) is 10.2 Å². The van der Waals surface area contributed by atoms with Crippen LogP contribution in [0.5, 0.6) is 0 Å². The Balaban J connectivity index is 1.74. The van der Waals surface area contributed by atoms with Crippen molar-refractivity contribution in [2.24, 2.45) is 5.41 Å². The lowest BCUT2D eigenvalue weighted by atomic mass is 9.92. The molecule has 0 radical (unpaired) electrons. The van der Waals surface area contributed by atoms with Crippen molar-refractivity contribution in [3.8, 4) is 22.4 Å². The number of hydrogen-bond acceptors (Lipinski definition) is 4. The van der Waals surface area contributed by atoms with Crippen molar-refractivity contribution in [2.45, 2.75) is 33.7 Å². The zero-order valence-electron chi connectivity index (χ0n) is 16.6. The number of halogens is 1. The Bertz CT molecular complexity index is 942. The van der Waals surface area contributed by atoms with Crippen LogP contribution in [0.1, 0.15) is 27.2 Å². The normalized spacial score (nSPS) is 14.6. The van der Waals surface area contributed by atoms with E-state index < -0.39 is 0 Å². The Labute approximate surface area is 165 Å². The first-order valence-corrected chi connectivity index (χ1v) is 9.69. The van der Waals surface area contributed by atoms with Crippen LogP contribution in [0.25, 0.3) is 22.4 Å². The van der Waals surface area contributed by atoms with Crippen molar-refractivity contribution in [1.29, 1.82) is 0 Å². The Morgan fingerprint density at radius 1 is 1.00 bits per heavy atom. The van der Waals surface area contributed by atoms with Crippen LogP contribution in [0.3, 0.4) is 0 Å². The van der Waals surface area contributed by atoms with E-state index in [1.165, 1.54) is 12.1 Å². The number of rotatable bonds is 4. The maximum Gasteiger partial charge on any atom is 0.147 e. The topological polar surface area (TPSA) is 46.0 Å². The second-order valence-corrected chi connectivity index (χ2v) is 8.45. The molecule has 3 heterocycles. The number of benzene rings is 1. The third kappa shape index (κ3) is 3.92. The van der Waals surface area contributed by atoms with Crippen LogP contribution in [0, 0.1) is 11.2 Å². The minimum atomic E-state index is -0.246. The molecule has 1 N–H and O–H groups in total. The van der Waals surface area contributed by atoms with Crippen LogP contribution in [0.2, 0.25) is 0 Å². The largest absolute Gasteiger partial charge is 0.303 e. The molecular weight excluding hydrogens is 353 g/mol. The first kappa shape index (κ1) is 18.6. The van der Waals surface area contributed by atoms with Crippen LogP contribution in [-0.2, 0) is 6.54 Å². The van der Waals surface area contributed by atoms with Crippen molar-refractivity contribution in [3.63, 3.8) is 0 Å². The van der Waals surface area contributed by atoms with Crippen molar-refractivity contribution >= 4 is 5.82 Å². The Morgan fingerprint density at radius 3 is 2.39 bits per heavy atom. The molecule has 5 nitrogen and oxygen atoms in total. The number of aromatic nitrogens is 3. The van der Waals surface area contributed by atoms with E-state index in [4.69, 9.17) is 5.10 Å². The summed E-state index contributed by atoms with van der Waals surface area (Å²) in [4.78, 5) is 4.15. The highest BCUT2D eigenvalue weighted by atomic mass is 19.1. The first-order chi connectivity index (χ1) is 13.4. The van der Waals surface area contributed by atoms with Gasteiger partial charge in [0.05, 0.1) is 12.1 Å². The smallest absolute Gasteiger partial charge is 0.147 e. The molecule has 0 aliphatic carbocycles. The van der Waals surface area contributed by atoms with Gasteiger partial charge in [-0.25, -0.2) is 14.1 Å². The fourth-order valence-electron chi connectivity index (χ4n) is 3.40. The molecule has 0 unspecified atom stereocenters. The molecule has 6 heteroatoms. The molecule has 0 saturated heterocycles. The van der Waals surface area contributed by atoms with Gasteiger partial charge in [-0.15, -0.1) is 0 Å². The molecule has 3 aromatic rings. The maximum atomic E-state index is 13.4. The van der Waals surface area contributed by atoms with Crippen molar-refractivity contribution in [3.05, 3.63) is 54.6 Å². The highest BCUT2D eigenvalue weighted by Crippen LogP contribution is 2.39. The van der Waals surface area contributed by atoms with Gasteiger partial charge in [0.2, 0.25) is 0 Å². The van der Waals surface area contributed by atoms with Crippen LogP contribution in [0.15, 0.2) is 48.8 Å². The Morgan fingerprint density at radius 2 is 1.71 bits per heavy atom. The number of anilines is 1. The van der Waals surface area contributed by atoms with Crippen LogP contribution < -0.4 is 5.43 Å². The number of pyridine rings is 1. The van der Waals surface area contributed by atoms with E-state index in [0.29, 0.717) is 0 Å². The molecular formula is C22H26FN5. The molecule has 2 aromatic heterocycles. The van der Waals surface area contributed by atoms with Gasteiger partial charge in [0.25, 0.3) is 0 Å². The van der Waals surface area contributed by atoms with E-state index in [-0.39, 0.29) is 11.2 Å². The van der Waals surface area contributed by atoms with E-state index in [2.05, 4.69) is 36.2 Å². The minimum Gasteiger partial charge on any atom is -0.303 e. The monoisotopic (exact) mass is 379 g/mol. The number of hydrogen-bond donors (Lipinski definition) is 1. The quantitative estimate of drug-likeness (QED) is 0.705. The zero-order chi connectivity index (χ0) is 19.7. The maximum absolute atomic E-state index is 13.4. The van der Waals surface area contributed by atoms with Gasteiger partial charge >= 0.3 is 0 Å². The summed E-state index contributed by atoms with van der Waals surface area (Å²) in [5.41, 5.74) is 7.68. The van der Waals surface area contributed by atoms with Crippen molar-refractivity contribution in [2.75, 3.05) is 18.5 Å². The molecule has 4 rings (SSSR count). The minimum absolute atomic E-state index is 0.246. The van der Waals surface area contributed by atoms with Gasteiger partial charge in [0.1, 0.15) is 17.3 Å². The fraction of sp³-hybridized carbons (Fsp3) is 0.364. The molecule has 1 aliphatic heterocycles. The van der Waals surface area contributed by atoms with Gasteiger partial charge in [-0.1, -0.05) is 20.8 Å². The third-order valence-electron chi connectivity index (χ3n) is 5.02. The summed E-state index contributed by atoms with van der Waals surface area (Å²) in [6.45, 7) is 9.45. The van der Waals surface area contributed by atoms with Gasteiger partial charge in [0.15, 0.2) is 0 Å². The number of nitrogens with zero attached hydrogens (tertiary/aromatic N) is 4. The molecule has 0 saturated carbocycles. The van der Waals surface area contributed by atoms with E-state index in [1.807, 2.05) is 16.8 Å². The predicted molar refractivity (Wildman–Crippen MR) is 110 cm³/mol. The number of nitrogens with one attached hydrogen (secondary N) is 1. The first-order valence-electron chi connectivity index (χ1n) is 9.69. The molecule has 1 aromatic carbocycles. The second kappa shape index (κ2) is 7.36. The molecule has 0 spiro atoms. The standard InChI is InChI=1S/C22H26FN5/c1-22(2,3)10-13-27-14-15-28-21(26-27)19(16-8-11-24-12-9-16)20(25-28)17-4-6-18(23)7-5-17/h4-9,11-12,26H,10,13-15H2,1-3H3. The Hall–Kier alpha value is -2.73. The van der Waals surface area contributed by atoms with E-state index in [0.717, 1.165) is 54.3 Å². The Kier molecular flexibility index (Phi) is 4.89. The highest BCUT2D eigenvalue weighted by molar-refractivity contribution is 5.88. The lowest BCUT2D eigenvalue weighted by molar-refractivity contribution is 0.236. The van der Waals surface area contributed by atoms with Crippen LogP contribution in [-0.4, -0.2) is 32.9 Å². The molecule has 28 heavy (non-hydrogen) atoms. The van der Waals surface area contributed by atoms with Gasteiger partial charge in [-0.2, -0.15) is 5.10 Å². The lowest BCUT2D eigenvalue weighted by Gasteiger charge is -2.32. The van der Waals surface area contributed by atoms with E-state index in [1.54, 1.807) is 24.5 Å². The summed E-state index contributed by atoms with van der Waals surface area (Å²) in [6.07, 6.45) is 4.67. The third-order valence-corrected chi connectivity index (χ3v) is 5.02. The van der Waals surface area contributed by atoms with Gasteiger partial charge < -0.3 is 5.43 Å². The molecule has 0 fully saturated rings. The van der Waals surface area contributed by atoms with Crippen molar-refractivity contribution < 1.29 is 4.39 Å².